The Morgan fingerprint density at radius 2 is 2.00 bits per heavy atom. The van der Waals surface area contributed by atoms with Crippen molar-refractivity contribution >= 4 is 5.91 Å². The summed E-state index contributed by atoms with van der Waals surface area (Å²) in [5, 5.41) is 6.47. The molecule has 2 atom stereocenters. The summed E-state index contributed by atoms with van der Waals surface area (Å²) in [6.07, 6.45) is 1.53. The van der Waals surface area contributed by atoms with Crippen LogP contribution in [0.1, 0.15) is 45.2 Å². The number of hydrogen-bond acceptors (Lipinski definition) is 3. The third-order valence-electron chi connectivity index (χ3n) is 3.71. The van der Waals surface area contributed by atoms with Gasteiger partial charge in [-0.2, -0.15) is 0 Å². The van der Waals surface area contributed by atoms with Gasteiger partial charge in [-0.15, -0.1) is 0 Å². The summed E-state index contributed by atoms with van der Waals surface area (Å²) in [4.78, 5) is 11.2. The maximum absolute atomic E-state index is 11.2. The van der Waals surface area contributed by atoms with Crippen LogP contribution in [0.3, 0.4) is 0 Å². The van der Waals surface area contributed by atoms with Gasteiger partial charge >= 0.3 is 0 Å². The van der Waals surface area contributed by atoms with Gasteiger partial charge in [-0.25, -0.2) is 0 Å². The number of piperidine rings is 1. The molecule has 0 spiro atoms. The maximum atomic E-state index is 11.2. The molecule has 4 nitrogen and oxygen atoms in total. The predicted molar refractivity (Wildman–Crippen MR) is 84.4 cm³/mol. The highest BCUT2D eigenvalue weighted by Gasteiger charge is 2.19. The van der Waals surface area contributed by atoms with Gasteiger partial charge in [0.15, 0.2) is 0 Å². The average molecular weight is 290 g/mol. The molecular weight excluding hydrogens is 264 g/mol. The highest BCUT2D eigenvalue weighted by atomic mass is 16.5. The number of rotatable bonds is 6. The molecule has 2 N–H and O–H groups in total. The molecule has 0 aliphatic carbocycles. The van der Waals surface area contributed by atoms with Crippen LogP contribution in [0.15, 0.2) is 24.3 Å². The minimum absolute atomic E-state index is 0.160. The fourth-order valence-electron chi connectivity index (χ4n) is 2.44. The molecule has 21 heavy (non-hydrogen) atoms. The van der Waals surface area contributed by atoms with Crippen molar-refractivity contribution in [2.45, 2.75) is 45.7 Å². The number of carbonyl (C=O) groups excluding carboxylic acids is 1. The Bertz CT molecular complexity index is 446. The molecule has 1 aromatic rings. The number of ether oxygens (including phenoxy) is 1. The monoisotopic (exact) mass is 290 g/mol. The normalized spacial score (nSPS) is 20.2. The third-order valence-corrected chi connectivity index (χ3v) is 3.71. The Kier molecular flexibility index (Phi) is 5.62. The van der Waals surface area contributed by atoms with E-state index in [1.807, 2.05) is 12.1 Å². The largest absolute Gasteiger partial charge is 0.493 e. The van der Waals surface area contributed by atoms with Crippen LogP contribution in [0, 0.1) is 5.92 Å². The highest BCUT2D eigenvalue weighted by molar-refractivity contribution is 5.76. The van der Waals surface area contributed by atoms with Crippen molar-refractivity contribution in [2.24, 2.45) is 5.92 Å². The fourth-order valence-corrected chi connectivity index (χ4v) is 2.44. The van der Waals surface area contributed by atoms with Gasteiger partial charge in [0.1, 0.15) is 5.75 Å². The van der Waals surface area contributed by atoms with Crippen LogP contribution in [0.25, 0.3) is 0 Å². The molecule has 1 aliphatic rings. The van der Waals surface area contributed by atoms with E-state index < -0.39 is 0 Å². The van der Waals surface area contributed by atoms with E-state index in [0.29, 0.717) is 18.4 Å². The molecule has 0 bridgehead atoms. The van der Waals surface area contributed by atoms with Crippen LogP contribution in [0.2, 0.25) is 0 Å². The predicted octanol–water partition coefficient (Wildman–Crippen LogP) is 2.65. The zero-order valence-corrected chi connectivity index (χ0v) is 13.2. The number of benzene rings is 1. The van der Waals surface area contributed by atoms with Gasteiger partial charge in [0.05, 0.1) is 6.61 Å². The first-order valence-electron chi connectivity index (χ1n) is 7.80. The number of nitrogens with one attached hydrogen (secondary N) is 2. The van der Waals surface area contributed by atoms with Gasteiger partial charge in [-0.3, -0.25) is 4.79 Å². The molecular formula is C17H26N2O2. The summed E-state index contributed by atoms with van der Waals surface area (Å²) >= 11 is 0. The van der Waals surface area contributed by atoms with Gasteiger partial charge in [-0.1, -0.05) is 26.0 Å². The molecule has 0 aromatic heterocycles. The second-order valence-corrected chi connectivity index (χ2v) is 6.20. The molecule has 1 aliphatic heterocycles. The van der Waals surface area contributed by atoms with Crippen molar-refractivity contribution < 1.29 is 9.53 Å². The van der Waals surface area contributed by atoms with Crippen molar-refractivity contribution in [3.8, 4) is 5.75 Å². The number of carbonyl (C=O) groups is 1. The number of amides is 1. The first-order chi connectivity index (χ1) is 10.0. The molecule has 1 saturated heterocycles. The van der Waals surface area contributed by atoms with Gasteiger partial charge in [-0.05, 0) is 37.0 Å². The Morgan fingerprint density at radius 1 is 1.29 bits per heavy atom. The first kappa shape index (κ1) is 15.8. The van der Waals surface area contributed by atoms with Crippen LogP contribution in [0.5, 0.6) is 5.75 Å². The second-order valence-electron chi connectivity index (χ2n) is 6.20. The Labute approximate surface area is 127 Å². The van der Waals surface area contributed by atoms with Gasteiger partial charge in [0, 0.05) is 25.0 Å². The highest BCUT2D eigenvalue weighted by Crippen LogP contribution is 2.19. The lowest BCUT2D eigenvalue weighted by Gasteiger charge is -2.27. The molecule has 2 rings (SSSR count). The zero-order valence-electron chi connectivity index (χ0n) is 13.2. The van der Waals surface area contributed by atoms with Crippen LogP contribution < -0.4 is 15.4 Å². The topological polar surface area (TPSA) is 50.4 Å². The van der Waals surface area contributed by atoms with E-state index in [9.17, 15) is 4.79 Å². The molecule has 4 heteroatoms. The molecule has 2 unspecified atom stereocenters. The summed E-state index contributed by atoms with van der Waals surface area (Å²) in [6, 6.07) is 8.89. The SMILES string of the molecule is CC(C)COc1ccc(C(C)NC2CCC(=O)NC2)cc1. The molecule has 0 radical (unpaired) electrons. The van der Waals surface area contributed by atoms with Gasteiger partial charge in [0.2, 0.25) is 5.91 Å². The Hall–Kier alpha value is -1.55. The second kappa shape index (κ2) is 7.46. The van der Waals surface area contributed by atoms with Crippen molar-refractivity contribution in [1.29, 1.82) is 0 Å². The average Bonchev–Trinajstić information content (AvgIpc) is 2.48. The number of hydrogen-bond donors (Lipinski definition) is 2. The minimum Gasteiger partial charge on any atom is -0.493 e. The Balaban J connectivity index is 1.84. The molecule has 1 heterocycles. The summed E-state index contributed by atoms with van der Waals surface area (Å²) < 4.78 is 5.70. The Morgan fingerprint density at radius 3 is 2.57 bits per heavy atom. The third kappa shape index (κ3) is 5.05. The molecule has 116 valence electrons. The van der Waals surface area contributed by atoms with E-state index in [0.717, 1.165) is 25.3 Å². The van der Waals surface area contributed by atoms with Crippen LogP contribution in [0.4, 0.5) is 0 Å². The van der Waals surface area contributed by atoms with E-state index in [2.05, 4.69) is 43.5 Å². The molecule has 1 fully saturated rings. The van der Waals surface area contributed by atoms with Crippen LogP contribution >= 0.6 is 0 Å². The van der Waals surface area contributed by atoms with E-state index in [4.69, 9.17) is 4.74 Å². The summed E-state index contributed by atoms with van der Waals surface area (Å²) in [6.45, 7) is 7.90. The van der Waals surface area contributed by atoms with Crippen molar-refractivity contribution in [3.05, 3.63) is 29.8 Å². The summed E-state index contributed by atoms with van der Waals surface area (Å²) in [5.41, 5.74) is 1.24. The first-order valence-corrected chi connectivity index (χ1v) is 7.80. The standard InChI is InChI=1S/C17H26N2O2/c1-12(2)11-21-16-7-4-14(5-8-16)13(3)19-15-6-9-17(20)18-10-15/h4-5,7-8,12-13,15,19H,6,9-11H2,1-3H3,(H,18,20). The van der Waals surface area contributed by atoms with E-state index >= 15 is 0 Å². The van der Waals surface area contributed by atoms with Gasteiger partial charge < -0.3 is 15.4 Å². The van der Waals surface area contributed by atoms with E-state index in [-0.39, 0.29) is 11.9 Å². The van der Waals surface area contributed by atoms with Crippen molar-refractivity contribution in [2.75, 3.05) is 13.2 Å². The van der Waals surface area contributed by atoms with E-state index in [1.165, 1.54) is 5.56 Å². The van der Waals surface area contributed by atoms with Crippen LogP contribution in [-0.2, 0) is 4.79 Å². The minimum atomic E-state index is 0.160. The maximum Gasteiger partial charge on any atom is 0.220 e. The molecule has 1 aromatic carbocycles. The lowest BCUT2D eigenvalue weighted by molar-refractivity contribution is -0.122. The lowest BCUT2D eigenvalue weighted by atomic mass is 10.0. The summed E-state index contributed by atoms with van der Waals surface area (Å²) in [5.74, 6) is 1.61. The smallest absolute Gasteiger partial charge is 0.220 e. The zero-order chi connectivity index (χ0) is 15.2. The molecule has 0 saturated carbocycles. The quantitative estimate of drug-likeness (QED) is 0.847. The van der Waals surface area contributed by atoms with Crippen LogP contribution in [-0.4, -0.2) is 25.1 Å². The fraction of sp³-hybridized carbons (Fsp3) is 0.588. The summed E-state index contributed by atoms with van der Waals surface area (Å²) in [7, 11) is 0. The van der Waals surface area contributed by atoms with Crippen molar-refractivity contribution in [3.63, 3.8) is 0 Å². The van der Waals surface area contributed by atoms with Gasteiger partial charge in [0.25, 0.3) is 0 Å². The van der Waals surface area contributed by atoms with E-state index in [1.54, 1.807) is 0 Å². The van der Waals surface area contributed by atoms with Crippen molar-refractivity contribution in [1.82, 2.24) is 10.6 Å². The molecule has 1 amide bonds. The lowest BCUT2D eigenvalue weighted by Crippen LogP contribution is -2.46.